The lowest BCUT2D eigenvalue weighted by atomic mass is 9.90. The SMILES string of the molecule is CN1CCCCC1C(=O)N1CCC2(CC1)CN(CCc1ccccc1)C(=O)O2. The number of amides is 2. The molecule has 1 unspecified atom stereocenters. The van der Waals surface area contributed by atoms with Gasteiger partial charge in [-0.2, -0.15) is 0 Å². The van der Waals surface area contributed by atoms with E-state index in [9.17, 15) is 9.59 Å². The number of piperidine rings is 2. The molecule has 0 aromatic heterocycles. The van der Waals surface area contributed by atoms with Crippen LogP contribution in [-0.4, -0.2) is 78.1 Å². The minimum Gasteiger partial charge on any atom is -0.441 e. The number of ether oxygens (including phenoxy) is 1. The second-order valence-electron chi connectivity index (χ2n) is 8.53. The van der Waals surface area contributed by atoms with Crippen LogP contribution in [0.1, 0.15) is 37.7 Å². The van der Waals surface area contributed by atoms with E-state index in [1.807, 2.05) is 28.0 Å². The summed E-state index contributed by atoms with van der Waals surface area (Å²) in [5, 5.41) is 0. The third-order valence-corrected chi connectivity index (χ3v) is 6.60. The molecule has 0 radical (unpaired) electrons. The lowest BCUT2D eigenvalue weighted by molar-refractivity contribution is -0.141. The molecule has 1 aromatic rings. The van der Waals surface area contributed by atoms with Crippen LogP contribution in [0.3, 0.4) is 0 Å². The van der Waals surface area contributed by atoms with Crippen molar-refractivity contribution in [2.24, 2.45) is 0 Å². The summed E-state index contributed by atoms with van der Waals surface area (Å²) in [5.74, 6) is 0.252. The normalized spacial score (nSPS) is 25.2. The van der Waals surface area contributed by atoms with Gasteiger partial charge in [-0.25, -0.2) is 4.79 Å². The topological polar surface area (TPSA) is 53.1 Å². The maximum Gasteiger partial charge on any atom is 0.410 e. The van der Waals surface area contributed by atoms with Gasteiger partial charge < -0.3 is 14.5 Å². The Balaban J connectivity index is 1.30. The quantitative estimate of drug-likeness (QED) is 0.799. The molecule has 2 amide bonds. The second kappa shape index (κ2) is 8.11. The Bertz CT molecular complexity index is 700. The van der Waals surface area contributed by atoms with Crippen molar-refractivity contribution in [3.05, 3.63) is 35.9 Å². The van der Waals surface area contributed by atoms with Crippen LogP contribution in [-0.2, 0) is 16.0 Å². The van der Waals surface area contributed by atoms with E-state index in [-0.39, 0.29) is 18.0 Å². The van der Waals surface area contributed by atoms with Crippen molar-refractivity contribution in [2.75, 3.05) is 39.8 Å². The largest absolute Gasteiger partial charge is 0.441 e. The van der Waals surface area contributed by atoms with Crippen LogP contribution in [0.15, 0.2) is 30.3 Å². The summed E-state index contributed by atoms with van der Waals surface area (Å²) in [5.41, 5.74) is 0.816. The molecule has 1 atom stereocenters. The first-order valence-corrected chi connectivity index (χ1v) is 10.6. The third-order valence-electron chi connectivity index (χ3n) is 6.60. The van der Waals surface area contributed by atoms with E-state index in [1.54, 1.807) is 0 Å². The van der Waals surface area contributed by atoms with Gasteiger partial charge in [-0.15, -0.1) is 0 Å². The van der Waals surface area contributed by atoms with Gasteiger partial charge in [0.25, 0.3) is 0 Å². The molecule has 3 aliphatic rings. The molecule has 28 heavy (non-hydrogen) atoms. The van der Waals surface area contributed by atoms with Crippen molar-refractivity contribution in [3.8, 4) is 0 Å². The van der Waals surface area contributed by atoms with Gasteiger partial charge in [0.2, 0.25) is 5.91 Å². The molecule has 0 bridgehead atoms. The first-order chi connectivity index (χ1) is 13.6. The van der Waals surface area contributed by atoms with E-state index in [0.29, 0.717) is 26.2 Å². The van der Waals surface area contributed by atoms with Crippen LogP contribution in [0.25, 0.3) is 0 Å². The number of rotatable bonds is 4. The molecule has 3 fully saturated rings. The second-order valence-corrected chi connectivity index (χ2v) is 8.53. The van der Waals surface area contributed by atoms with Crippen molar-refractivity contribution in [1.82, 2.24) is 14.7 Å². The van der Waals surface area contributed by atoms with Crippen molar-refractivity contribution in [3.63, 3.8) is 0 Å². The van der Waals surface area contributed by atoms with Crippen molar-refractivity contribution >= 4 is 12.0 Å². The molecule has 1 aromatic carbocycles. The summed E-state index contributed by atoms with van der Waals surface area (Å²) in [6.45, 7) is 3.69. The first kappa shape index (κ1) is 19.2. The molecule has 0 aliphatic carbocycles. The lowest BCUT2D eigenvalue weighted by Gasteiger charge is -2.41. The summed E-state index contributed by atoms with van der Waals surface area (Å²) in [6, 6.07) is 10.2. The highest BCUT2D eigenvalue weighted by Gasteiger charge is 2.47. The van der Waals surface area contributed by atoms with E-state index >= 15 is 0 Å². The average Bonchev–Trinajstić information content (AvgIpc) is 3.02. The Morgan fingerprint density at radius 1 is 1.14 bits per heavy atom. The van der Waals surface area contributed by atoms with Gasteiger partial charge in [0.05, 0.1) is 12.6 Å². The fourth-order valence-corrected chi connectivity index (χ4v) is 4.77. The van der Waals surface area contributed by atoms with Crippen molar-refractivity contribution in [2.45, 2.75) is 50.2 Å². The highest BCUT2D eigenvalue weighted by atomic mass is 16.6. The average molecular weight is 386 g/mol. The van der Waals surface area contributed by atoms with E-state index in [4.69, 9.17) is 4.74 Å². The zero-order valence-corrected chi connectivity index (χ0v) is 16.8. The van der Waals surface area contributed by atoms with Crippen LogP contribution in [0.2, 0.25) is 0 Å². The van der Waals surface area contributed by atoms with Gasteiger partial charge in [0, 0.05) is 32.5 Å². The summed E-state index contributed by atoms with van der Waals surface area (Å²) >= 11 is 0. The Morgan fingerprint density at radius 3 is 2.61 bits per heavy atom. The number of nitrogens with zero attached hydrogens (tertiary/aromatic N) is 3. The molecular weight excluding hydrogens is 354 g/mol. The van der Waals surface area contributed by atoms with E-state index < -0.39 is 5.60 Å². The molecule has 1 spiro atoms. The maximum atomic E-state index is 12.9. The molecule has 3 saturated heterocycles. The highest BCUT2D eigenvalue weighted by Crippen LogP contribution is 2.34. The Morgan fingerprint density at radius 2 is 1.89 bits per heavy atom. The third kappa shape index (κ3) is 4.02. The number of carbonyl (C=O) groups excluding carboxylic acids is 2. The van der Waals surface area contributed by atoms with Crippen molar-refractivity contribution < 1.29 is 14.3 Å². The van der Waals surface area contributed by atoms with Crippen LogP contribution in [0, 0.1) is 0 Å². The molecule has 152 valence electrons. The highest BCUT2D eigenvalue weighted by molar-refractivity contribution is 5.82. The minimum absolute atomic E-state index is 0.0244. The molecule has 3 heterocycles. The zero-order chi connectivity index (χ0) is 19.6. The Labute approximate surface area is 167 Å². The van der Waals surface area contributed by atoms with Crippen LogP contribution < -0.4 is 0 Å². The van der Waals surface area contributed by atoms with E-state index in [2.05, 4.69) is 24.1 Å². The zero-order valence-electron chi connectivity index (χ0n) is 16.8. The fourth-order valence-electron chi connectivity index (χ4n) is 4.77. The standard InChI is InChI=1S/C22H31N3O3/c1-23-13-6-5-9-19(23)20(26)24-15-11-22(12-16-24)17-25(21(27)28-22)14-10-18-7-3-2-4-8-18/h2-4,7-8,19H,5-6,9-17H2,1H3. The lowest BCUT2D eigenvalue weighted by Crippen LogP contribution is -2.54. The number of hydrogen-bond donors (Lipinski definition) is 0. The molecule has 0 saturated carbocycles. The van der Waals surface area contributed by atoms with Gasteiger partial charge in [0.1, 0.15) is 5.60 Å². The van der Waals surface area contributed by atoms with Gasteiger partial charge in [-0.1, -0.05) is 36.8 Å². The van der Waals surface area contributed by atoms with Gasteiger partial charge in [0.15, 0.2) is 0 Å². The van der Waals surface area contributed by atoms with E-state index in [1.165, 1.54) is 12.0 Å². The molecule has 4 rings (SSSR count). The predicted octanol–water partition coefficient (Wildman–Crippen LogP) is 2.53. The summed E-state index contributed by atoms with van der Waals surface area (Å²) in [7, 11) is 2.05. The molecule has 0 N–H and O–H groups in total. The maximum absolute atomic E-state index is 12.9. The Hall–Kier alpha value is -2.08. The van der Waals surface area contributed by atoms with Gasteiger partial charge in [-0.3, -0.25) is 9.69 Å². The van der Waals surface area contributed by atoms with Crippen LogP contribution in [0.4, 0.5) is 4.79 Å². The monoisotopic (exact) mass is 385 g/mol. The smallest absolute Gasteiger partial charge is 0.410 e. The van der Waals surface area contributed by atoms with Crippen LogP contribution >= 0.6 is 0 Å². The fraction of sp³-hybridized carbons (Fsp3) is 0.636. The number of likely N-dealkylation sites (N-methyl/N-ethyl adjacent to an activating group) is 1. The molecule has 6 heteroatoms. The number of likely N-dealkylation sites (tertiary alicyclic amines) is 2. The number of hydrogen-bond acceptors (Lipinski definition) is 4. The minimum atomic E-state index is -0.414. The van der Waals surface area contributed by atoms with Crippen molar-refractivity contribution in [1.29, 1.82) is 0 Å². The van der Waals surface area contributed by atoms with Crippen LogP contribution in [0.5, 0.6) is 0 Å². The molecule has 6 nitrogen and oxygen atoms in total. The summed E-state index contributed by atoms with van der Waals surface area (Å²) < 4.78 is 5.82. The number of carbonyl (C=O) groups is 2. The molecular formula is C22H31N3O3. The predicted molar refractivity (Wildman–Crippen MR) is 107 cm³/mol. The molecule has 3 aliphatic heterocycles. The van der Waals surface area contributed by atoms with E-state index in [0.717, 1.165) is 38.6 Å². The number of benzene rings is 1. The summed E-state index contributed by atoms with van der Waals surface area (Å²) in [4.78, 5) is 31.3. The van der Waals surface area contributed by atoms with Gasteiger partial charge >= 0.3 is 6.09 Å². The van der Waals surface area contributed by atoms with Gasteiger partial charge in [-0.05, 0) is 38.4 Å². The first-order valence-electron chi connectivity index (χ1n) is 10.6. The Kier molecular flexibility index (Phi) is 5.58. The summed E-state index contributed by atoms with van der Waals surface area (Å²) in [6.07, 6.45) is 5.38.